The van der Waals surface area contributed by atoms with Crippen LogP contribution in [0.25, 0.3) is 0 Å². The molecule has 0 fully saturated rings. The Bertz CT molecular complexity index is 73.7. The van der Waals surface area contributed by atoms with Crippen molar-refractivity contribution in [1.82, 2.24) is 0 Å². The zero-order chi connectivity index (χ0) is 7.98. The molecule has 0 aliphatic heterocycles. The molecule has 0 aromatic carbocycles. The van der Waals surface area contributed by atoms with Gasteiger partial charge in [-0.1, -0.05) is 13.3 Å². The third-order valence-electron chi connectivity index (χ3n) is 1.58. The van der Waals surface area contributed by atoms with Crippen LogP contribution in [0.3, 0.4) is 0 Å². The van der Waals surface area contributed by atoms with Crippen molar-refractivity contribution in [2.45, 2.75) is 50.8 Å². The summed E-state index contributed by atoms with van der Waals surface area (Å²) in [6, 6.07) is 0.339. The first-order valence-corrected chi connectivity index (χ1v) is 4.62. The molecule has 2 atom stereocenters. The van der Waals surface area contributed by atoms with Crippen LogP contribution in [0.1, 0.15) is 39.5 Å². The molecular formula is C8H19NS. The van der Waals surface area contributed by atoms with E-state index in [-0.39, 0.29) is 0 Å². The summed E-state index contributed by atoms with van der Waals surface area (Å²) in [6.07, 6.45) is 4.71. The lowest BCUT2D eigenvalue weighted by molar-refractivity contribution is 0.587. The molecular weight excluding hydrogens is 142 g/mol. The molecule has 0 spiro atoms. The average Bonchev–Trinajstić information content (AvgIpc) is 1.85. The highest BCUT2D eigenvalue weighted by molar-refractivity contribution is 7.80. The molecule has 0 radical (unpaired) electrons. The first-order chi connectivity index (χ1) is 4.66. The summed E-state index contributed by atoms with van der Waals surface area (Å²) in [5, 5.41) is 0.566. The van der Waals surface area contributed by atoms with Crippen LogP contribution in [0.15, 0.2) is 0 Å². The molecule has 2 heteroatoms. The van der Waals surface area contributed by atoms with E-state index in [9.17, 15) is 0 Å². The lowest BCUT2D eigenvalue weighted by Gasteiger charge is -2.10. The van der Waals surface area contributed by atoms with E-state index in [4.69, 9.17) is 5.73 Å². The van der Waals surface area contributed by atoms with E-state index in [0.717, 1.165) is 12.8 Å². The van der Waals surface area contributed by atoms with E-state index in [0.29, 0.717) is 11.3 Å². The van der Waals surface area contributed by atoms with Crippen molar-refractivity contribution >= 4 is 12.6 Å². The van der Waals surface area contributed by atoms with Gasteiger partial charge in [0, 0.05) is 11.3 Å². The monoisotopic (exact) mass is 161 g/mol. The summed E-state index contributed by atoms with van der Waals surface area (Å²) in [4.78, 5) is 0. The van der Waals surface area contributed by atoms with Gasteiger partial charge in [-0.3, -0.25) is 0 Å². The van der Waals surface area contributed by atoms with E-state index in [2.05, 4.69) is 19.6 Å². The predicted octanol–water partition coefficient (Wildman–Crippen LogP) is 2.21. The van der Waals surface area contributed by atoms with Crippen LogP contribution in [0.5, 0.6) is 0 Å². The fourth-order valence-corrected chi connectivity index (χ4v) is 1.34. The average molecular weight is 161 g/mol. The van der Waals surface area contributed by atoms with Gasteiger partial charge in [0.05, 0.1) is 0 Å². The van der Waals surface area contributed by atoms with Crippen molar-refractivity contribution < 1.29 is 0 Å². The molecule has 0 aromatic rings. The second-order valence-corrected chi connectivity index (χ2v) is 3.73. The Morgan fingerprint density at radius 2 is 1.90 bits per heavy atom. The maximum absolute atomic E-state index is 5.60. The molecule has 10 heavy (non-hydrogen) atoms. The van der Waals surface area contributed by atoms with Gasteiger partial charge in [-0.2, -0.15) is 12.6 Å². The second kappa shape index (κ2) is 6.05. The first kappa shape index (κ1) is 10.3. The Balaban J connectivity index is 3.12. The van der Waals surface area contributed by atoms with Crippen LogP contribution in [0.4, 0.5) is 0 Å². The fourth-order valence-electron chi connectivity index (χ4n) is 0.933. The van der Waals surface area contributed by atoms with Crippen molar-refractivity contribution in [3.05, 3.63) is 0 Å². The molecule has 0 amide bonds. The van der Waals surface area contributed by atoms with Crippen molar-refractivity contribution in [3.63, 3.8) is 0 Å². The Kier molecular flexibility index (Phi) is 6.24. The summed E-state index contributed by atoms with van der Waals surface area (Å²) >= 11 is 4.43. The van der Waals surface area contributed by atoms with E-state index in [1.165, 1.54) is 12.8 Å². The summed E-state index contributed by atoms with van der Waals surface area (Å²) in [5.74, 6) is 0. The maximum Gasteiger partial charge on any atom is 0.00172 e. The summed E-state index contributed by atoms with van der Waals surface area (Å²) < 4.78 is 0. The number of thiol groups is 1. The van der Waals surface area contributed by atoms with Gasteiger partial charge >= 0.3 is 0 Å². The zero-order valence-electron chi connectivity index (χ0n) is 7.01. The van der Waals surface area contributed by atoms with Crippen molar-refractivity contribution in [2.24, 2.45) is 5.73 Å². The molecule has 1 nitrogen and oxygen atoms in total. The fraction of sp³-hybridized carbons (Fsp3) is 1.00. The lowest BCUT2D eigenvalue weighted by Crippen LogP contribution is -2.16. The molecule has 0 bridgehead atoms. The molecule has 0 aliphatic rings. The third-order valence-corrected chi connectivity index (χ3v) is 2.09. The molecule has 2 N–H and O–H groups in total. The standard InChI is InChI=1S/C8H19NS/c1-3-4-8(10)6-5-7(2)9/h7-8,10H,3-6,9H2,1-2H3. The van der Waals surface area contributed by atoms with Crippen LogP contribution >= 0.6 is 12.6 Å². The Hall–Kier alpha value is 0.310. The summed E-state index contributed by atoms with van der Waals surface area (Å²) in [5.41, 5.74) is 5.60. The molecule has 0 heterocycles. The van der Waals surface area contributed by atoms with Gasteiger partial charge in [-0.15, -0.1) is 0 Å². The van der Waals surface area contributed by atoms with E-state index >= 15 is 0 Å². The molecule has 0 saturated carbocycles. The maximum atomic E-state index is 5.60. The SMILES string of the molecule is CCCC(S)CCC(C)N. The van der Waals surface area contributed by atoms with Gasteiger partial charge in [-0.25, -0.2) is 0 Å². The molecule has 0 aromatic heterocycles. The normalized spacial score (nSPS) is 16.8. The smallest absolute Gasteiger partial charge is 0.00172 e. The highest BCUT2D eigenvalue weighted by atomic mass is 32.1. The van der Waals surface area contributed by atoms with Gasteiger partial charge in [-0.05, 0) is 26.2 Å². The van der Waals surface area contributed by atoms with Gasteiger partial charge in [0.25, 0.3) is 0 Å². The van der Waals surface area contributed by atoms with Crippen molar-refractivity contribution in [2.75, 3.05) is 0 Å². The molecule has 0 aliphatic carbocycles. The molecule has 0 rings (SSSR count). The quantitative estimate of drug-likeness (QED) is 0.594. The minimum absolute atomic E-state index is 0.339. The van der Waals surface area contributed by atoms with Crippen LogP contribution in [0, 0.1) is 0 Å². The molecule has 2 unspecified atom stereocenters. The summed E-state index contributed by atoms with van der Waals surface area (Å²) in [6.45, 7) is 4.24. The zero-order valence-corrected chi connectivity index (χ0v) is 7.90. The van der Waals surface area contributed by atoms with E-state index in [1.54, 1.807) is 0 Å². The first-order valence-electron chi connectivity index (χ1n) is 4.10. The molecule has 0 saturated heterocycles. The Morgan fingerprint density at radius 3 is 2.30 bits per heavy atom. The predicted molar refractivity (Wildman–Crippen MR) is 50.6 cm³/mol. The van der Waals surface area contributed by atoms with Gasteiger partial charge in [0.2, 0.25) is 0 Å². The van der Waals surface area contributed by atoms with Crippen LogP contribution in [-0.2, 0) is 0 Å². The van der Waals surface area contributed by atoms with Crippen LogP contribution in [-0.4, -0.2) is 11.3 Å². The minimum Gasteiger partial charge on any atom is -0.328 e. The lowest BCUT2D eigenvalue weighted by atomic mass is 10.1. The highest BCUT2D eigenvalue weighted by Gasteiger charge is 2.02. The highest BCUT2D eigenvalue weighted by Crippen LogP contribution is 2.11. The minimum atomic E-state index is 0.339. The van der Waals surface area contributed by atoms with Crippen LogP contribution in [0.2, 0.25) is 0 Å². The topological polar surface area (TPSA) is 26.0 Å². The van der Waals surface area contributed by atoms with E-state index < -0.39 is 0 Å². The van der Waals surface area contributed by atoms with Crippen LogP contribution < -0.4 is 5.73 Å². The van der Waals surface area contributed by atoms with Crippen molar-refractivity contribution in [1.29, 1.82) is 0 Å². The Labute approximate surface area is 69.8 Å². The van der Waals surface area contributed by atoms with Gasteiger partial charge in [0.1, 0.15) is 0 Å². The second-order valence-electron chi connectivity index (χ2n) is 3.00. The number of rotatable bonds is 5. The number of nitrogens with two attached hydrogens (primary N) is 1. The van der Waals surface area contributed by atoms with E-state index in [1.807, 2.05) is 6.92 Å². The van der Waals surface area contributed by atoms with Gasteiger partial charge < -0.3 is 5.73 Å². The van der Waals surface area contributed by atoms with Crippen molar-refractivity contribution in [3.8, 4) is 0 Å². The third kappa shape index (κ3) is 6.43. The summed E-state index contributed by atoms with van der Waals surface area (Å²) in [7, 11) is 0. The molecule has 62 valence electrons. The number of hydrogen-bond donors (Lipinski definition) is 2. The Morgan fingerprint density at radius 1 is 1.30 bits per heavy atom. The van der Waals surface area contributed by atoms with Gasteiger partial charge in [0.15, 0.2) is 0 Å². The number of hydrogen-bond acceptors (Lipinski definition) is 2. The largest absolute Gasteiger partial charge is 0.328 e.